The van der Waals surface area contributed by atoms with Gasteiger partial charge in [0, 0.05) is 23.8 Å². The van der Waals surface area contributed by atoms with Crippen molar-refractivity contribution in [3.8, 4) is 0 Å². The molecule has 0 heterocycles. The molecule has 1 aliphatic carbocycles. The van der Waals surface area contributed by atoms with Gasteiger partial charge in [-0.2, -0.15) is 0 Å². The maximum atomic E-state index is 13.6. The van der Waals surface area contributed by atoms with Gasteiger partial charge in [0.25, 0.3) is 15.0 Å². The van der Waals surface area contributed by atoms with Crippen LogP contribution < -0.4 is 5.32 Å². The maximum Gasteiger partial charge on any atom is 0.261 e. The summed E-state index contributed by atoms with van der Waals surface area (Å²) >= 11 is 0. The summed E-state index contributed by atoms with van der Waals surface area (Å²) in [5, 5.41) is 2.62. The Morgan fingerprint density at radius 1 is 1.45 bits per heavy atom. The van der Waals surface area contributed by atoms with E-state index in [4.69, 9.17) is 15.4 Å². The van der Waals surface area contributed by atoms with Crippen molar-refractivity contribution in [3.63, 3.8) is 0 Å². The van der Waals surface area contributed by atoms with Crippen molar-refractivity contribution in [2.75, 3.05) is 7.11 Å². The van der Waals surface area contributed by atoms with E-state index in [1.165, 1.54) is 0 Å². The third-order valence-electron chi connectivity index (χ3n) is 3.23. The predicted molar refractivity (Wildman–Crippen MR) is 70.7 cm³/mol. The smallest absolute Gasteiger partial charge is 0.261 e. The molecule has 5 nitrogen and oxygen atoms in total. The fraction of sp³-hybridized carbons (Fsp3) is 0.417. The van der Waals surface area contributed by atoms with Gasteiger partial charge in [0.2, 0.25) is 0 Å². The lowest BCUT2D eigenvalue weighted by Crippen LogP contribution is -2.47. The van der Waals surface area contributed by atoms with E-state index in [1.54, 1.807) is 7.11 Å². The molecular weight excluding hydrogens is 309 g/mol. The second-order valence-electron chi connectivity index (χ2n) is 4.58. The number of rotatable bonds is 4. The molecule has 1 aliphatic rings. The summed E-state index contributed by atoms with van der Waals surface area (Å²) in [6.45, 7) is 0. The van der Waals surface area contributed by atoms with Gasteiger partial charge in [0.05, 0.1) is 16.6 Å². The van der Waals surface area contributed by atoms with E-state index in [-0.39, 0.29) is 22.6 Å². The zero-order chi connectivity index (χ0) is 14.9. The van der Waals surface area contributed by atoms with Crippen molar-refractivity contribution >= 4 is 25.6 Å². The first kappa shape index (κ1) is 15.2. The van der Waals surface area contributed by atoms with Crippen LogP contribution in [0.1, 0.15) is 23.2 Å². The van der Waals surface area contributed by atoms with Crippen molar-refractivity contribution < 1.29 is 22.3 Å². The van der Waals surface area contributed by atoms with Gasteiger partial charge in [-0.3, -0.25) is 4.79 Å². The first-order chi connectivity index (χ1) is 9.31. The van der Waals surface area contributed by atoms with Crippen LogP contribution in [0, 0.1) is 5.82 Å². The van der Waals surface area contributed by atoms with Gasteiger partial charge in [-0.25, -0.2) is 12.8 Å². The highest BCUT2D eigenvalue weighted by Gasteiger charge is 2.31. The Morgan fingerprint density at radius 3 is 2.65 bits per heavy atom. The van der Waals surface area contributed by atoms with Crippen LogP contribution in [-0.2, 0) is 13.8 Å². The summed E-state index contributed by atoms with van der Waals surface area (Å²) in [5.74, 6) is -1.46. The minimum atomic E-state index is -4.00. The first-order valence-corrected chi connectivity index (χ1v) is 8.20. The molecule has 0 radical (unpaired) electrons. The molecule has 1 aromatic rings. The molecule has 1 amide bonds. The van der Waals surface area contributed by atoms with E-state index < -0.39 is 20.8 Å². The van der Waals surface area contributed by atoms with E-state index in [0.29, 0.717) is 12.8 Å². The molecule has 1 aromatic carbocycles. The molecule has 110 valence electrons. The van der Waals surface area contributed by atoms with Crippen LogP contribution in [-0.4, -0.2) is 33.6 Å². The number of halogens is 2. The molecule has 1 saturated carbocycles. The molecule has 20 heavy (non-hydrogen) atoms. The van der Waals surface area contributed by atoms with Crippen LogP contribution in [0.5, 0.6) is 0 Å². The highest BCUT2D eigenvalue weighted by atomic mass is 35.7. The summed E-state index contributed by atoms with van der Waals surface area (Å²) < 4.78 is 41.0. The number of nitrogens with one attached hydrogen (secondary N) is 1. The van der Waals surface area contributed by atoms with E-state index in [2.05, 4.69) is 5.32 Å². The Morgan fingerprint density at radius 2 is 2.10 bits per heavy atom. The Hall–Kier alpha value is -1.18. The SMILES string of the molecule is COC1CC(NC(=O)c2cc(S(=O)(=O)Cl)ccc2F)C1. The Balaban J connectivity index is 2.14. The molecule has 1 N–H and O–H groups in total. The van der Waals surface area contributed by atoms with Crippen molar-refractivity contribution in [2.24, 2.45) is 0 Å². The third-order valence-corrected chi connectivity index (χ3v) is 4.58. The zero-order valence-corrected chi connectivity index (χ0v) is 12.2. The van der Waals surface area contributed by atoms with Crippen molar-refractivity contribution in [2.45, 2.75) is 29.9 Å². The van der Waals surface area contributed by atoms with Crippen LogP contribution in [0.25, 0.3) is 0 Å². The molecule has 1 fully saturated rings. The predicted octanol–water partition coefficient (Wildman–Crippen LogP) is 1.66. The summed E-state index contributed by atoms with van der Waals surface area (Å²) in [7, 11) is 2.75. The highest BCUT2D eigenvalue weighted by molar-refractivity contribution is 8.13. The lowest BCUT2D eigenvalue weighted by atomic mass is 9.89. The fourth-order valence-corrected chi connectivity index (χ4v) is 2.75. The lowest BCUT2D eigenvalue weighted by Gasteiger charge is -2.34. The van der Waals surface area contributed by atoms with E-state index >= 15 is 0 Å². The highest BCUT2D eigenvalue weighted by Crippen LogP contribution is 2.24. The number of amides is 1. The average Bonchev–Trinajstić information content (AvgIpc) is 2.31. The Kier molecular flexibility index (Phi) is 4.31. The standard InChI is InChI=1S/C12H13ClFNO4S/c1-19-8-4-7(5-8)15-12(16)10-6-9(20(13,17)18)2-3-11(10)14/h2-3,6-8H,4-5H2,1H3,(H,15,16). The van der Waals surface area contributed by atoms with Gasteiger partial charge < -0.3 is 10.1 Å². The molecule has 0 bridgehead atoms. The summed E-state index contributed by atoms with van der Waals surface area (Å²) in [5.41, 5.74) is -0.340. The summed E-state index contributed by atoms with van der Waals surface area (Å²) in [6.07, 6.45) is 1.40. The van der Waals surface area contributed by atoms with Crippen molar-refractivity contribution in [1.82, 2.24) is 5.32 Å². The number of hydrogen-bond donors (Lipinski definition) is 1. The van der Waals surface area contributed by atoms with E-state index in [0.717, 1.165) is 18.2 Å². The van der Waals surface area contributed by atoms with Crippen LogP contribution >= 0.6 is 10.7 Å². The van der Waals surface area contributed by atoms with Gasteiger partial charge >= 0.3 is 0 Å². The molecule has 0 unspecified atom stereocenters. The fourth-order valence-electron chi connectivity index (χ4n) is 1.97. The molecule has 0 saturated heterocycles. The van der Waals surface area contributed by atoms with Gasteiger partial charge in [-0.05, 0) is 31.0 Å². The minimum absolute atomic E-state index is 0.0943. The van der Waals surface area contributed by atoms with Crippen LogP contribution in [0.4, 0.5) is 4.39 Å². The summed E-state index contributed by atoms with van der Waals surface area (Å²) in [4.78, 5) is 11.6. The quantitative estimate of drug-likeness (QED) is 0.856. The van der Waals surface area contributed by atoms with Gasteiger partial charge in [-0.15, -0.1) is 0 Å². The third kappa shape index (κ3) is 3.28. The monoisotopic (exact) mass is 321 g/mol. The lowest BCUT2D eigenvalue weighted by molar-refractivity contribution is 0.0175. The second-order valence-corrected chi connectivity index (χ2v) is 7.14. The van der Waals surface area contributed by atoms with Crippen molar-refractivity contribution in [3.05, 3.63) is 29.6 Å². The minimum Gasteiger partial charge on any atom is -0.381 e. The number of methoxy groups -OCH3 is 1. The topological polar surface area (TPSA) is 72.5 Å². The normalized spacial score (nSPS) is 22.1. The molecular formula is C12H13ClFNO4S. The number of ether oxygens (including phenoxy) is 1. The van der Waals surface area contributed by atoms with Crippen LogP contribution in [0.2, 0.25) is 0 Å². The maximum absolute atomic E-state index is 13.6. The average molecular weight is 322 g/mol. The first-order valence-electron chi connectivity index (χ1n) is 5.89. The molecule has 0 spiro atoms. The Bertz CT molecular complexity index is 628. The van der Waals surface area contributed by atoms with E-state index in [1.807, 2.05) is 0 Å². The number of hydrogen-bond acceptors (Lipinski definition) is 4. The van der Waals surface area contributed by atoms with Gasteiger partial charge in [0.1, 0.15) is 5.82 Å². The number of benzene rings is 1. The van der Waals surface area contributed by atoms with Crippen LogP contribution in [0.15, 0.2) is 23.1 Å². The van der Waals surface area contributed by atoms with Crippen molar-refractivity contribution in [1.29, 1.82) is 0 Å². The molecule has 0 atom stereocenters. The largest absolute Gasteiger partial charge is 0.381 e. The molecule has 8 heteroatoms. The van der Waals surface area contributed by atoms with Crippen LogP contribution in [0.3, 0.4) is 0 Å². The second kappa shape index (κ2) is 5.67. The zero-order valence-electron chi connectivity index (χ0n) is 10.6. The summed E-state index contributed by atoms with van der Waals surface area (Å²) in [6, 6.07) is 2.75. The molecule has 0 aromatic heterocycles. The van der Waals surface area contributed by atoms with Gasteiger partial charge in [0.15, 0.2) is 0 Å². The van der Waals surface area contributed by atoms with Gasteiger partial charge in [-0.1, -0.05) is 0 Å². The Labute approximate surface area is 120 Å². The molecule has 2 rings (SSSR count). The molecule has 0 aliphatic heterocycles. The number of carbonyl (C=O) groups is 1. The number of carbonyl (C=O) groups excluding carboxylic acids is 1. The van der Waals surface area contributed by atoms with E-state index in [9.17, 15) is 17.6 Å².